The van der Waals surface area contributed by atoms with Crippen molar-refractivity contribution in [1.29, 1.82) is 0 Å². The van der Waals surface area contributed by atoms with Gasteiger partial charge in [-0.1, -0.05) is 13.3 Å². The topological polar surface area (TPSA) is 66.6 Å². The number of hydrogen-bond donors (Lipinski definition) is 1. The fourth-order valence-electron chi connectivity index (χ4n) is 3.66. The maximum atomic E-state index is 12.8. The highest BCUT2D eigenvalue weighted by molar-refractivity contribution is 5.89. The Labute approximate surface area is 121 Å². The molecular weight excluding hydrogens is 254 g/mol. The summed E-state index contributed by atoms with van der Waals surface area (Å²) in [6.45, 7) is 2.81. The molecule has 0 aromatic heterocycles. The molecule has 0 radical (unpaired) electrons. The average molecular weight is 281 g/mol. The van der Waals surface area contributed by atoms with Crippen molar-refractivity contribution in [1.82, 2.24) is 9.80 Å². The second-order valence-corrected chi connectivity index (χ2v) is 6.52. The molecule has 0 aromatic carbocycles. The first-order chi connectivity index (χ1) is 9.43. The van der Waals surface area contributed by atoms with Gasteiger partial charge in [0.2, 0.25) is 11.8 Å². The van der Waals surface area contributed by atoms with Crippen LogP contribution in [0.25, 0.3) is 0 Å². The monoisotopic (exact) mass is 281 g/mol. The summed E-state index contributed by atoms with van der Waals surface area (Å²) in [5.74, 6) is 0.344. The Kier molecular flexibility index (Phi) is 4.68. The van der Waals surface area contributed by atoms with Crippen LogP contribution in [0.2, 0.25) is 0 Å². The summed E-state index contributed by atoms with van der Waals surface area (Å²) >= 11 is 0. The lowest BCUT2D eigenvalue weighted by atomic mass is 9.76. The number of likely N-dealkylation sites (tertiary alicyclic amines) is 1. The third-order valence-electron chi connectivity index (χ3n) is 4.82. The molecule has 1 saturated heterocycles. The Balaban J connectivity index is 2.12. The van der Waals surface area contributed by atoms with Crippen LogP contribution in [0, 0.1) is 11.8 Å². The molecule has 20 heavy (non-hydrogen) atoms. The third kappa shape index (κ3) is 2.82. The van der Waals surface area contributed by atoms with Crippen molar-refractivity contribution in [2.75, 3.05) is 20.6 Å². The van der Waals surface area contributed by atoms with Gasteiger partial charge in [-0.3, -0.25) is 9.59 Å². The number of carbonyl (C=O) groups excluding carboxylic acids is 2. The number of nitrogens with two attached hydrogens (primary N) is 1. The first-order valence-electron chi connectivity index (χ1n) is 7.70. The predicted molar refractivity (Wildman–Crippen MR) is 77.9 cm³/mol. The van der Waals surface area contributed by atoms with E-state index in [0.717, 1.165) is 32.1 Å². The molecule has 2 fully saturated rings. The molecule has 2 amide bonds. The minimum atomic E-state index is -0.279. The van der Waals surface area contributed by atoms with Gasteiger partial charge in [0, 0.05) is 26.7 Å². The molecule has 1 aliphatic heterocycles. The minimum absolute atomic E-state index is 0.0351. The van der Waals surface area contributed by atoms with Crippen molar-refractivity contribution in [2.24, 2.45) is 17.6 Å². The summed E-state index contributed by atoms with van der Waals surface area (Å²) < 4.78 is 0. The molecule has 4 atom stereocenters. The van der Waals surface area contributed by atoms with Crippen LogP contribution in [-0.2, 0) is 9.59 Å². The molecule has 1 aliphatic carbocycles. The van der Waals surface area contributed by atoms with Crippen LogP contribution in [0.1, 0.15) is 39.0 Å². The molecule has 0 bridgehead atoms. The van der Waals surface area contributed by atoms with Crippen LogP contribution >= 0.6 is 0 Å². The van der Waals surface area contributed by atoms with Gasteiger partial charge in [0.15, 0.2) is 0 Å². The van der Waals surface area contributed by atoms with Gasteiger partial charge in [0.05, 0.1) is 5.92 Å². The number of nitrogens with zero attached hydrogens (tertiary/aromatic N) is 2. The summed E-state index contributed by atoms with van der Waals surface area (Å²) in [5, 5.41) is 0. The molecule has 5 heteroatoms. The summed E-state index contributed by atoms with van der Waals surface area (Å²) in [5.41, 5.74) is 6.18. The molecule has 2 aliphatic rings. The van der Waals surface area contributed by atoms with Gasteiger partial charge in [-0.05, 0) is 31.6 Å². The largest absolute Gasteiger partial charge is 0.347 e. The average Bonchev–Trinajstić information content (AvgIpc) is 2.86. The van der Waals surface area contributed by atoms with Gasteiger partial charge in [-0.15, -0.1) is 0 Å². The number of amides is 2. The zero-order valence-corrected chi connectivity index (χ0v) is 12.8. The van der Waals surface area contributed by atoms with Crippen LogP contribution in [0.3, 0.4) is 0 Å². The van der Waals surface area contributed by atoms with Gasteiger partial charge < -0.3 is 15.5 Å². The molecule has 0 spiro atoms. The Morgan fingerprint density at radius 3 is 2.45 bits per heavy atom. The minimum Gasteiger partial charge on any atom is -0.347 e. The highest BCUT2D eigenvalue weighted by Gasteiger charge is 2.42. The van der Waals surface area contributed by atoms with E-state index in [4.69, 9.17) is 5.73 Å². The summed E-state index contributed by atoms with van der Waals surface area (Å²) in [7, 11) is 3.50. The van der Waals surface area contributed by atoms with Crippen LogP contribution < -0.4 is 5.73 Å². The molecule has 2 N–H and O–H groups in total. The number of hydrogen-bond acceptors (Lipinski definition) is 3. The second kappa shape index (κ2) is 6.12. The number of likely N-dealkylation sites (N-methyl/N-ethyl adjacent to an activating group) is 1. The highest BCUT2D eigenvalue weighted by Crippen LogP contribution is 2.32. The molecule has 114 valence electrons. The van der Waals surface area contributed by atoms with Crippen LogP contribution in [0.15, 0.2) is 0 Å². The van der Waals surface area contributed by atoms with Gasteiger partial charge in [-0.25, -0.2) is 0 Å². The lowest BCUT2D eigenvalue weighted by Crippen LogP contribution is -2.53. The molecule has 4 unspecified atom stereocenters. The van der Waals surface area contributed by atoms with Crippen molar-refractivity contribution >= 4 is 11.8 Å². The molecular formula is C15H27N3O2. The Hall–Kier alpha value is -1.10. The first kappa shape index (κ1) is 15.3. The van der Waals surface area contributed by atoms with Crippen molar-refractivity contribution in [2.45, 2.75) is 51.1 Å². The summed E-state index contributed by atoms with van der Waals surface area (Å²) in [6.07, 6.45) is 4.77. The number of carbonyl (C=O) groups is 2. The van der Waals surface area contributed by atoms with Crippen molar-refractivity contribution < 1.29 is 9.59 Å². The van der Waals surface area contributed by atoms with E-state index in [1.807, 2.05) is 0 Å². The standard InChI is InChI=1S/C15H27N3O2/c1-10-6-4-7-11(16)13(10)15(20)18-9-5-8-12(18)14(19)17(2)3/h10-13H,4-9,16H2,1-3H3. The summed E-state index contributed by atoms with van der Waals surface area (Å²) in [4.78, 5) is 28.4. The van der Waals surface area contributed by atoms with E-state index < -0.39 is 0 Å². The van der Waals surface area contributed by atoms with Crippen molar-refractivity contribution in [3.63, 3.8) is 0 Å². The Morgan fingerprint density at radius 2 is 1.85 bits per heavy atom. The highest BCUT2D eigenvalue weighted by atomic mass is 16.2. The SMILES string of the molecule is CC1CCCC(N)C1C(=O)N1CCCC1C(=O)N(C)C. The van der Waals surface area contributed by atoms with Crippen LogP contribution in [0.4, 0.5) is 0 Å². The normalized spacial score (nSPS) is 34.1. The summed E-state index contributed by atoms with van der Waals surface area (Å²) in [6, 6.07) is -0.333. The van der Waals surface area contributed by atoms with E-state index in [0.29, 0.717) is 12.5 Å². The van der Waals surface area contributed by atoms with E-state index in [2.05, 4.69) is 6.92 Å². The van der Waals surface area contributed by atoms with Gasteiger partial charge in [-0.2, -0.15) is 0 Å². The fraction of sp³-hybridized carbons (Fsp3) is 0.867. The zero-order valence-electron chi connectivity index (χ0n) is 12.8. The van der Waals surface area contributed by atoms with E-state index in [1.54, 1.807) is 23.9 Å². The quantitative estimate of drug-likeness (QED) is 0.815. The third-order valence-corrected chi connectivity index (χ3v) is 4.82. The first-order valence-corrected chi connectivity index (χ1v) is 7.70. The Bertz CT molecular complexity index is 373. The number of rotatable bonds is 2. The molecule has 0 aromatic rings. The predicted octanol–water partition coefficient (Wildman–Crippen LogP) is 0.829. The smallest absolute Gasteiger partial charge is 0.244 e. The van der Waals surface area contributed by atoms with E-state index in [1.165, 1.54) is 0 Å². The van der Waals surface area contributed by atoms with Gasteiger partial charge in [0.1, 0.15) is 6.04 Å². The lowest BCUT2D eigenvalue weighted by Gasteiger charge is -2.37. The van der Waals surface area contributed by atoms with Crippen LogP contribution in [0.5, 0.6) is 0 Å². The second-order valence-electron chi connectivity index (χ2n) is 6.52. The molecule has 1 heterocycles. The van der Waals surface area contributed by atoms with Crippen LogP contribution in [-0.4, -0.2) is 54.3 Å². The van der Waals surface area contributed by atoms with Gasteiger partial charge >= 0.3 is 0 Å². The van der Waals surface area contributed by atoms with Crippen molar-refractivity contribution in [3.8, 4) is 0 Å². The van der Waals surface area contributed by atoms with E-state index >= 15 is 0 Å². The van der Waals surface area contributed by atoms with E-state index in [9.17, 15) is 9.59 Å². The zero-order chi connectivity index (χ0) is 14.9. The fourth-order valence-corrected chi connectivity index (χ4v) is 3.66. The van der Waals surface area contributed by atoms with E-state index in [-0.39, 0.29) is 29.8 Å². The maximum Gasteiger partial charge on any atom is 0.244 e. The van der Waals surface area contributed by atoms with Gasteiger partial charge in [0.25, 0.3) is 0 Å². The Morgan fingerprint density at radius 1 is 1.15 bits per heavy atom. The van der Waals surface area contributed by atoms with Crippen molar-refractivity contribution in [3.05, 3.63) is 0 Å². The lowest BCUT2D eigenvalue weighted by molar-refractivity contribution is -0.147. The molecule has 2 rings (SSSR count). The molecule has 5 nitrogen and oxygen atoms in total. The molecule has 1 saturated carbocycles. The maximum absolute atomic E-state index is 12.8.